The van der Waals surface area contributed by atoms with Gasteiger partial charge in [-0.05, 0) is 38.1 Å². The first-order valence-corrected chi connectivity index (χ1v) is 6.27. The van der Waals surface area contributed by atoms with Gasteiger partial charge in [0.15, 0.2) is 0 Å². The maximum absolute atomic E-state index is 12.9. The average Bonchev–Trinajstić information content (AvgIpc) is 2.33. The number of likely N-dealkylation sites (N-methyl/N-ethyl adjacent to an activating group) is 1. The summed E-state index contributed by atoms with van der Waals surface area (Å²) in [4.78, 5) is 0. The molecule has 1 aromatic rings. The van der Waals surface area contributed by atoms with Crippen LogP contribution >= 0.6 is 0 Å². The van der Waals surface area contributed by atoms with E-state index >= 15 is 0 Å². The van der Waals surface area contributed by atoms with E-state index < -0.39 is 0 Å². The molecule has 0 aliphatic rings. The Kier molecular flexibility index (Phi) is 6.16. The first-order chi connectivity index (χ1) is 8.22. The van der Waals surface area contributed by atoms with Crippen LogP contribution in [0.25, 0.3) is 0 Å². The molecule has 2 atom stereocenters. The van der Waals surface area contributed by atoms with Crippen molar-refractivity contribution < 1.29 is 9.13 Å². The van der Waals surface area contributed by atoms with Gasteiger partial charge in [0.1, 0.15) is 5.82 Å². The monoisotopic (exact) mass is 239 g/mol. The predicted molar refractivity (Wildman–Crippen MR) is 68.5 cm³/mol. The second kappa shape index (κ2) is 7.41. The van der Waals surface area contributed by atoms with Gasteiger partial charge in [-0.3, -0.25) is 0 Å². The lowest BCUT2D eigenvalue weighted by Crippen LogP contribution is -2.31. The summed E-state index contributed by atoms with van der Waals surface area (Å²) >= 11 is 0. The molecule has 1 aromatic carbocycles. The number of hydrogen-bond acceptors (Lipinski definition) is 2. The molecule has 0 heterocycles. The van der Waals surface area contributed by atoms with E-state index in [0.717, 1.165) is 18.4 Å². The Balaban J connectivity index is 2.83. The van der Waals surface area contributed by atoms with E-state index in [9.17, 15) is 4.39 Å². The Morgan fingerprint density at radius 3 is 2.35 bits per heavy atom. The molecule has 1 N–H and O–H groups in total. The third-order valence-electron chi connectivity index (χ3n) is 2.87. The highest BCUT2D eigenvalue weighted by Crippen LogP contribution is 2.22. The maximum atomic E-state index is 12.9. The van der Waals surface area contributed by atoms with Gasteiger partial charge < -0.3 is 10.1 Å². The minimum atomic E-state index is -0.202. The van der Waals surface area contributed by atoms with Crippen LogP contribution < -0.4 is 5.32 Å². The summed E-state index contributed by atoms with van der Waals surface area (Å²) in [5.41, 5.74) is 1.07. The van der Waals surface area contributed by atoms with E-state index in [0.29, 0.717) is 6.61 Å². The number of benzene rings is 1. The van der Waals surface area contributed by atoms with E-state index in [1.807, 2.05) is 26.1 Å². The van der Waals surface area contributed by atoms with Gasteiger partial charge in [-0.15, -0.1) is 0 Å². The van der Waals surface area contributed by atoms with E-state index in [2.05, 4.69) is 12.2 Å². The predicted octanol–water partition coefficient (Wildman–Crippen LogP) is 3.29. The fraction of sp³-hybridized carbons (Fsp3) is 0.571. The lowest BCUT2D eigenvalue weighted by atomic mass is 9.98. The molecule has 0 aliphatic carbocycles. The van der Waals surface area contributed by atoms with Crippen LogP contribution in [0.2, 0.25) is 0 Å². The fourth-order valence-electron chi connectivity index (χ4n) is 2.08. The normalized spacial score (nSPS) is 14.6. The smallest absolute Gasteiger partial charge is 0.123 e. The molecule has 0 spiro atoms. The molecule has 2 unspecified atom stereocenters. The number of nitrogens with one attached hydrogen (secondary N) is 1. The highest BCUT2D eigenvalue weighted by atomic mass is 19.1. The van der Waals surface area contributed by atoms with E-state index in [1.165, 1.54) is 12.1 Å². The second-order valence-corrected chi connectivity index (χ2v) is 4.10. The Hall–Kier alpha value is -0.930. The molecular weight excluding hydrogens is 217 g/mol. The zero-order valence-electron chi connectivity index (χ0n) is 10.9. The topological polar surface area (TPSA) is 21.3 Å². The molecule has 0 bridgehead atoms. The Labute approximate surface area is 103 Å². The van der Waals surface area contributed by atoms with Crippen molar-refractivity contribution in [2.45, 2.75) is 38.8 Å². The molecule has 96 valence electrons. The third kappa shape index (κ3) is 4.10. The fourth-order valence-corrected chi connectivity index (χ4v) is 2.08. The van der Waals surface area contributed by atoms with Gasteiger partial charge in [0.05, 0.1) is 12.1 Å². The molecule has 0 amide bonds. The highest BCUT2D eigenvalue weighted by Gasteiger charge is 2.21. The van der Waals surface area contributed by atoms with Crippen LogP contribution in [0.4, 0.5) is 4.39 Å². The van der Waals surface area contributed by atoms with Crippen LogP contribution in [0.5, 0.6) is 0 Å². The van der Waals surface area contributed by atoms with Crippen LogP contribution in [0.1, 0.15) is 38.3 Å². The summed E-state index contributed by atoms with van der Waals surface area (Å²) in [6.07, 6.45) is 2.21. The maximum Gasteiger partial charge on any atom is 0.123 e. The molecule has 0 saturated heterocycles. The third-order valence-corrected chi connectivity index (χ3v) is 2.87. The molecule has 0 fully saturated rings. The molecular formula is C14H22FNO. The second-order valence-electron chi connectivity index (χ2n) is 4.10. The standard InChI is InChI=1S/C14H22FNO/c1-4-6-13(17-5-2)14(16-3)11-7-9-12(15)10-8-11/h7-10,13-14,16H,4-6H2,1-3H3. The van der Waals surface area contributed by atoms with Gasteiger partial charge in [-0.2, -0.15) is 0 Å². The molecule has 2 nitrogen and oxygen atoms in total. The van der Waals surface area contributed by atoms with Crippen LogP contribution in [0.3, 0.4) is 0 Å². The summed E-state index contributed by atoms with van der Waals surface area (Å²) in [6.45, 7) is 4.84. The molecule has 3 heteroatoms. The van der Waals surface area contributed by atoms with Gasteiger partial charge >= 0.3 is 0 Å². The molecule has 0 aliphatic heterocycles. The van der Waals surface area contributed by atoms with E-state index in [-0.39, 0.29) is 18.0 Å². The minimum absolute atomic E-state index is 0.121. The SMILES string of the molecule is CCCC(OCC)C(NC)c1ccc(F)cc1. The number of rotatable bonds is 7. The quantitative estimate of drug-likeness (QED) is 0.788. The van der Waals surface area contributed by atoms with Crippen LogP contribution in [-0.4, -0.2) is 19.8 Å². The summed E-state index contributed by atoms with van der Waals surface area (Å²) in [7, 11) is 1.91. The molecule has 0 aromatic heterocycles. The first kappa shape index (κ1) is 14.1. The molecule has 0 radical (unpaired) electrons. The zero-order chi connectivity index (χ0) is 12.7. The van der Waals surface area contributed by atoms with Crippen molar-refractivity contribution in [3.05, 3.63) is 35.6 Å². The van der Waals surface area contributed by atoms with Crippen molar-refractivity contribution in [1.29, 1.82) is 0 Å². The van der Waals surface area contributed by atoms with Gasteiger partial charge in [0.25, 0.3) is 0 Å². The van der Waals surface area contributed by atoms with E-state index in [1.54, 1.807) is 0 Å². The number of ether oxygens (including phenoxy) is 1. The zero-order valence-corrected chi connectivity index (χ0v) is 10.9. The van der Waals surface area contributed by atoms with E-state index in [4.69, 9.17) is 4.74 Å². The number of halogens is 1. The lowest BCUT2D eigenvalue weighted by molar-refractivity contribution is 0.0295. The van der Waals surface area contributed by atoms with Gasteiger partial charge in [0.2, 0.25) is 0 Å². The van der Waals surface area contributed by atoms with Gasteiger partial charge in [-0.1, -0.05) is 25.5 Å². The Morgan fingerprint density at radius 1 is 1.24 bits per heavy atom. The Morgan fingerprint density at radius 2 is 1.88 bits per heavy atom. The summed E-state index contributed by atoms with van der Waals surface area (Å²) in [5.74, 6) is -0.202. The molecule has 17 heavy (non-hydrogen) atoms. The van der Waals surface area contributed by atoms with Crippen LogP contribution in [-0.2, 0) is 4.74 Å². The van der Waals surface area contributed by atoms with Crippen molar-refractivity contribution in [3.63, 3.8) is 0 Å². The Bertz CT molecular complexity index is 307. The molecule has 0 saturated carbocycles. The minimum Gasteiger partial charge on any atom is -0.377 e. The van der Waals surface area contributed by atoms with Gasteiger partial charge in [0, 0.05) is 6.61 Å². The molecule has 1 rings (SSSR count). The van der Waals surface area contributed by atoms with Gasteiger partial charge in [-0.25, -0.2) is 4.39 Å². The van der Waals surface area contributed by atoms with Crippen LogP contribution in [0.15, 0.2) is 24.3 Å². The summed E-state index contributed by atoms with van der Waals surface area (Å²) < 4.78 is 18.7. The van der Waals surface area contributed by atoms with Crippen molar-refractivity contribution in [2.24, 2.45) is 0 Å². The summed E-state index contributed by atoms with van der Waals surface area (Å²) in [5, 5.41) is 3.26. The van der Waals surface area contributed by atoms with Crippen molar-refractivity contribution in [2.75, 3.05) is 13.7 Å². The first-order valence-electron chi connectivity index (χ1n) is 6.27. The van der Waals surface area contributed by atoms with Crippen molar-refractivity contribution in [1.82, 2.24) is 5.32 Å². The number of hydrogen-bond donors (Lipinski definition) is 1. The highest BCUT2D eigenvalue weighted by molar-refractivity contribution is 5.21. The van der Waals surface area contributed by atoms with Crippen LogP contribution in [0, 0.1) is 5.82 Å². The average molecular weight is 239 g/mol. The summed E-state index contributed by atoms with van der Waals surface area (Å²) in [6, 6.07) is 6.75. The van der Waals surface area contributed by atoms with Crippen molar-refractivity contribution >= 4 is 0 Å². The van der Waals surface area contributed by atoms with Crippen molar-refractivity contribution in [3.8, 4) is 0 Å². The lowest BCUT2D eigenvalue weighted by Gasteiger charge is -2.27. The largest absolute Gasteiger partial charge is 0.377 e.